The Morgan fingerprint density at radius 1 is 1.31 bits per heavy atom. The van der Waals surface area contributed by atoms with E-state index < -0.39 is 11.2 Å². The Bertz CT molecular complexity index is 1080. The van der Waals surface area contributed by atoms with Gasteiger partial charge in [0.05, 0.1) is 5.52 Å². The highest BCUT2D eigenvalue weighted by Gasteiger charge is 2.21. The summed E-state index contributed by atoms with van der Waals surface area (Å²) in [6, 6.07) is 5.38. The molecule has 0 saturated heterocycles. The van der Waals surface area contributed by atoms with Gasteiger partial charge in [-0.25, -0.2) is 9.78 Å². The van der Waals surface area contributed by atoms with Crippen molar-refractivity contribution in [2.75, 3.05) is 6.54 Å². The van der Waals surface area contributed by atoms with Gasteiger partial charge < -0.3 is 9.88 Å². The van der Waals surface area contributed by atoms with Crippen LogP contribution in [0, 0.1) is 0 Å². The normalized spacial score (nSPS) is 13.8. The summed E-state index contributed by atoms with van der Waals surface area (Å²) in [5.74, 6) is 0.0604. The Labute approximate surface area is 152 Å². The second kappa shape index (κ2) is 6.87. The average molecular weight is 370 g/mol. The van der Waals surface area contributed by atoms with Crippen LogP contribution in [-0.2, 0) is 24.3 Å². The van der Waals surface area contributed by atoms with E-state index in [2.05, 4.69) is 21.4 Å². The van der Waals surface area contributed by atoms with Crippen LogP contribution in [0.4, 0.5) is 0 Å². The molecule has 0 aromatic carbocycles. The quantitative estimate of drug-likeness (QED) is 0.754. The number of aromatic nitrogens is 3. The van der Waals surface area contributed by atoms with Gasteiger partial charge in [-0.05, 0) is 42.0 Å². The van der Waals surface area contributed by atoms with Crippen LogP contribution in [0.3, 0.4) is 0 Å². The third-order valence-corrected chi connectivity index (χ3v) is 5.70. The molecule has 4 rings (SSSR count). The van der Waals surface area contributed by atoms with Crippen molar-refractivity contribution in [2.24, 2.45) is 0 Å². The molecular formula is C18H18N4O3S. The summed E-state index contributed by atoms with van der Waals surface area (Å²) in [5, 5.41) is 2.06. The molecule has 134 valence electrons. The zero-order chi connectivity index (χ0) is 18.1. The van der Waals surface area contributed by atoms with E-state index >= 15 is 0 Å². The minimum absolute atomic E-state index is 0.0604. The van der Waals surface area contributed by atoms with E-state index in [-0.39, 0.29) is 18.0 Å². The molecule has 3 aromatic heterocycles. The lowest BCUT2D eigenvalue weighted by Crippen LogP contribution is -2.37. The fourth-order valence-electron chi connectivity index (χ4n) is 3.29. The number of hydrogen-bond acceptors (Lipinski definition) is 5. The van der Waals surface area contributed by atoms with Crippen LogP contribution in [0.15, 0.2) is 39.4 Å². The monoisotopic (exact) mass is 370 g/mol. The molecule has 1 N–H and O–H groups in total. The fraction of sp³-hybridized carbons (Fsp3) is 0.333. The number of nitrogens with zero attached hydrogens (tertiary/aromatic N) is 3. The van der Waals surface area contributed by atoms with Crippen LogP contribution in [0.2, 0.25) is 0 Å². The number of carbonyl (C=O) groups is 1. The van der Waals surface area contributed by atoms with Gasteiger partial charge >= 0.3 is 5.69 Å². The number of amides is 1. The number of fused-ring (bicyclic) bond motifs is 2. The van der Waals surface area contributed by atoms with Crippen LogP contribution in [0.5, 0.6) is 0 Å². The number of hydrogen-bond donors (Lipinski definition) is 1. The predicted molar refractivity (Wildman–Crippen MR) is 99.3 cm³/mol. The summed E-state index contributed by atoms with van der Waals surface area (Å²) in [6.07, 6.45) is 3.16. The van der Waals surface area contributed by atoms with E-state index in [1.807, 2.05) is 4.90 Å². The molecule has 3 aromatic rings. The Kier molecular flexibility index (Phi) is 4.42. The van der Waals surface area contributed by atoms with Gasteiger partial charge in [0.25, 0.3) is 5.56 Å². The molecule has 0 unspecified atom stereocenters. The van der Waals surface area contributed by atoms with Crippen LogP contribution >= 0.6 is 11.3 Å². The van der Waals surface area contributed by atoms with Crippen molar-refractivity contribution in [3.63, 3.8) is 0 Å². The lowest BCUT2D eigenvalue weighted by molar-refractivity contribution is -0.132. The zero-order valence-corrected chi connectivity index (χ0v) is 14.9. The third kappa shape index (κ3) is 3.08. The number of H-pyrrole nitrogens is 1. The number of rotatable bonds is 4. The molecule has 0 spiro atoms. The highest BCUT2D eigenvalue weighted by atomic mass is 32.1. The zero-order valence-electron chi connectivity index (χ0n) is 14.1. The van der Waals surface area contributed by atoms with Crippen LogP contribution in [0.25, 0.3) is 11.0 Å². The Morgan fingerprint density at radius 2 is 2.19 bits per heavy atom. The molecule has 0 aliphatic carbocycles. The highest BCUT2D eigenvalue weighted by molar-refractivity contribution is 7.10. The molecule has 0 saturated carbocycles. The summed E-state index contributed by atoms with van der Waals surface area (Å²) in [4.78, 5) is 46.9. The smallest absolute Gasteiger partial charge is 0.328 e. The molecule has 4 heterocycles. The maximum Gasteiger partial charge on any atom is 0.328 e. The molecule has 1 aliphatic rings. The van der Waals surface area contributed by atoms with E-state index in [4.69, 9.17) is 0 Å². The Hall–Kier alpha value is -2.74. The minimum atomic E-state index is -0.469. The van der Waals surface area contributed by atoms with Gasteiger partial charge in [-0.15, -0.1) is 11.3 Å². The molecule has 0 atom stereocenters. The number of nitrogens with one attached hydrogen (secondary N) is 1. The van der Waals surface area contributed by atoms with Crippen LogP contribution in [0.1, 0.15) is 23.3 Å². The Balaban J connectivity index is 1.42. The van der Waals surface area contributed by atoms with E-state index in [9.17, 15) is 14.4 Å². The van der Waals surface area contributed by atoms with Crippen molar-refractivity contribution in [2.45, 2.75) is 32.4 Å². The summed E-state index contributed by atoms with van der Waals surface area (Å²) in [7, 11) is 0. The van der Waals surface area contributed by atoms with Crippen molar-refractivity contribution in [3.8, 4) is 0 Å². The van der Waals surface area contributed by atoms with Crippen molar-refractivity contribution in [1.82, 2.24) is 19.4 Å². The van der Waals surface area contributed by atoms with Crippen molar-refractivity contribution >= 4 is 28.3 Å². The Morgan fingerprint density at radius 3 is 3.08 bits per heavy atom. The van der Waals surface area contributed by atoms with E-state index in [1.54, 1.807) is 23.5 Å². The van der Waals surface area contributed by atoms with Gasteiger partial charge in [0, 0.05) is 37.1 Å². The van der Waals surface area contributed by atoms with Crippen LogP contribution in [-0.4, -0.2) is 31.9 Å². The number of aromatic amines is 1. The lowest BCUT2D eigenvalue weighted by Gasteiger charge is -2.27. The molecule has 8 heteroatoms. The lowest BCUT2D eigenvalue weighted by atomic mass is 10.1. The number of carbonyl (C=O) groups excluding carboxylic acids is 1. The molecular weight excluding hydrogens is 352 g/mol. The minimum Gasteiger partial charge on any atom is -0.338 e. The highest BCUT2D eigenvalue weighted by Crippen LogP contribution is 2.24. The van der Waals surface area contributed by atoms with Gasteiger partial charge in [-0.3, -0.25) is 14.2 Å². The first-order valence-corrected chi connectivity index (χ1v) is 9.42. The first-order chi connectivity index (χ1) is 12.6. The average Bonchev–Trinajstić information content (AvgIpc) is 3.12. The second-order valence-corrected chi connectivity index (χ2v) is 7.33. The van der Waals surface area contributed by atoms with E-state index in [1.165, 1.54) is 16.6 Å². The summed E-state index contributed by atoms with van der Waals surface area (Å²) in [6.45, 7) is 1.58. The van der Waals surface area contributed by atoms with E-state index in [0.29, 0.717) is 24.9 Å². The molecule has 0 fully saturated rings. The number of pyridine rings is 1. The van der Waals surface area contributed by atoms with Crippen molar-refractivity contribution in [3.05, 3.63) is 61.1 Å². The first-order valence-electron chi connectivity index (χ1n) is 8.54. The van der Waals surface area contributed by atoms with Crippen molar-refractivity contribution < 1.29 is 4.79 Å². The first kappa shape index (κ1) is 16.7. The van der Waals surface area contributed by atoms with Gasteiger partial charge in [-0.2, -0.15) is 0 Å². The summed E-state index contributed by atoms with van der Waals surface area (Å²) >= 11 is 1.74. The molecule has 0 bridgehead atoms. The molecule has 1 aliphatic heterocycles. The molecule has 26 heavy (non-hydrogen) atoms. The summed E-state index contributed by atoms with van der Waals surface area (Å²) < 4.78 is 1.12. The topological polar surface area (TPSA) is 88.1 Å². The van der Waals surface area contributed by atoms with Crippen LogP contribution < -0.4 is 11.2 Å². The SMILES string of the molecule is O=C(CCCn1c(=O)[nH]c2cccnc2c1=O)N1CCc2sccc2C1. The van der Waals surface area contributed by atoms with E-state index in [0.717, 1.165) is 17.5 Å². The molecule has 1 amide bonds. The third-order valence-electron chi connectivity index (χ3n) is 4.67. The van der Waals surface area contributed by atoms with Gasteiger partial charge in [0.1, 0.15) is 0 Å². The summed E-state index contributed by atoms with van der Waals surface area (Å²) in [5.41, 5.74) is 0.999. The number of thiophene rings is 1. The predicted octanol–water partition coefficient (Wildman–Crippen LogP) is 1.51. The maximum atomic E-state index is 12.4. The molecule has 0 radical (unpaired) electrons. The second-order valence-electron chi connectivity index (χ2n) is 6.32. The maximum absolute atomic E-state index is 12.4. The standard InChI is InChI=1S/C18H18N4O3S/c23-15(21-9-5-14-12(11-21)6-10-26-14)4-2-8-22-17(24)16-13(20-18(22)25)3-1-7-19-16/h1,3,6-7,10H,2,4-5,8-9,11H2,(H,20,25). The van der Waals surface area contributed by atoms with Gasteiger partial charge in [-0.1, -0.05) is 0 Å². The van der Waals surface area contributed by atoms with Crippen molar-refractivity contribution in [1.29, 1.82) is 0 Å². The fourth-order valence-corrected chi connectivity index (χ4v) is 4.18. The molecule has 7 nitrogen and oxygen atoms in total. The van der Waals surface area contributed by atoms with Gasteiger partial charge in [0.15, 0.2) is 5.52 Å². The largest absolute Gasteiger partial charge is 0.338 e. The van der Waals surface area contributed by atoms with Gasteiger partial charge in [0.2, 0.25) is 5.91 Å².